The first kappa shape index (κ1) is 17.4. The van der Waals surface area contributed by atoms with Crippen molar-refractivity contribution in [2.45, 2.75) is 37.6 Å². The van der Waals surface area contributed by atoms with Crippen LogP contribution in [-0.4, -0.2) is 20.4 Å². The van der Waals surface area contributed by atoms with Gasteiger partial charge in [0.25, 0.3) is 10.0 Å². The standard InChI is InChI=1S/C18H19FN2O3S/c1-12-11-14(19)3-10-18(12)25(23,24)20-15-4-6-16(7-5-15)21(13(2)22)17-8-9-17/h3-7,10-11,17,20H,8-9H2,1-2H3. The molecule has 0 atom stereocenters. The average molecular weight is 362 g/mol. The van der Waals surface area contributed by atoms with Gasteiger partial charge in [0.2, 0.25) is 5.91 Å². The van der Waals surface area contributed by atoms with E-state index in [0.717, 1.165) is 24.6 Å². The zero-order valence-electron chi connectivity index (χ0n) is 14.0. The van der Waals surface area contributed by atoms with Crippen molar-refractivity contribution in [2.75, 3.05) is 9.62 Å². The summed E-state index contributed by atoms with van der Waals surface area (Å²) < 4.78 is 40.6. The summed E-state index contributed by atoms with van der Waals surface area (Å²) >= 11 is 0. The molecular weight excluding hydrogens is 343 g/mol. The van der Waals surface area contributed by atoms with Crippen LogP contribution in [0, 0.1) is 12.7 Å². The Balaban J connectivity index is 1.82. The zero-order chi connectivity index (χ0) is 18.2. The van der Waals surface area contributed by atoms with E-state index in [4.69, 9.17) is 0 Å². The van der Waals surface area contributed by atoms with Crippen molar-refractivity contribution in [1.82, 2.24) is 0 Å². The average Bonchev–Trinajstić information content (AvgIpc) is 3.33. The van der Waals surface area contributed by atoms with Crippen molar-refractivity contribution in [3.8, 4) is 0 Å². The van der Waals surface area contributed by atoms with Gasteiger partial charge in [-0.05, 0) is 67.8 Å². The molecule has 2 aromatic rings. The molecule has 2 aromatic carbocycles. The van der Waals surface area contributed by atoms with Crippen molar-refractivity contribution in [2.24, 2.45) is 0 Å². The van der Waals surface area contributed by atoms with Crippen LogP contribution in [0.25, 0.3) is 0 Å². The van der Waals surface area contributed by atoms with Crippen LogP contribution in [0.15, 0.2) is 47.4 Å². The quantitative estimate of drug-likeness (QED) is 0.886. The third-order valence-electron chi connectivity index (χ3n) is 4.08. The lowest BCUT2D eigenvalue weighted by Gasteiger charge is -2.21. The summed E-state index contributed by atoms with van der Waals surface area (Å²) in [5.74, 6) is -0.511. The van der Waals surface area contributed by atoms with Gasteiger partial charge in [0.05, 0.1) is 4.90 Å². The lowest BCUT2D eigenvalue weighted by atomic mass is 10.2. The van der Waals surface area contributed by atoms with Crippen LogP contribution in [0.4, 0.5) is 15.8 Å². The number of carbonyl (C=O) groups excluding carboxylic acids is 1. The maximum atomic E-state index is 13.2. The lowest BCUT2D eigenvalue weighted by molar-refractivity contribution is -0.116. The second-order valence-corrected chi connectivity index (χ2v) is 7.83. The molecule has 0 aliphatic heterocycles. The second-order valence-electron chi connectivity index (χ2n) is 6.18. The molecule has 0 bridgehead atoms. The molecule has 3 rings (SSSR count). The number of rotatable bonds is 5. The first-order chi connectivity index (χ1) is 11.8. The molecule has 7 heteroatoms. The Morgan fingerprint density at radius 1 is 1.16 bits per heavy atom. The van der Waals surface area contributed by atoms with E-state index in [1.165, 1.54) is 19.1 Å². The Morgan fingerprint density at radius 3 is 2.32 bits per heavy atom. The zero-order valence-corrected chi connectivity index (χ0v) is 14.8. The molecule has 1 aliphatic rings. The van der Waals surface area contributed by atoms with Crippen molar-refractivity contribution in [1.29, 1.82) is 0 Å². The highest BCUT2D eigenvalue weighted by Gasteiger charge is 2.31. The smallest absolute Gasteiger partial charge is 0.262 e. The van der Waals surface area contributed by atoms with Crippen LogP contribution >= 0.6 is 0 Å². The molecule has 25 heavy (non-hydrogen) atoms. The van der Waals surface area contributed by atoms with E-state index >= 15 is 0 Å². The SMILES string of the molecule is CC(=O)N(c1ccc(NS(=O)(=O)c2ccc(F)cc2C)cc1)C1CC1. The Kier molecular flexibility index (Phi) is 4.51. The Labute approximate surface area is 146 Å². The number of hydrogen-bond acceptors (Lipinski definition) is 3. The van der Waals surface area contributed by atoms with Crippen LogP contribution < -0.4 is 9.62 Å². The van der Waals surface area contributed by atoms with Crippen molar-refractivity contribution in [3.05, 3.63) is 53.8 Å². The van der Waals surface area contributed by atoms with E-state index in [1.807, 2.05) is 0 Å². The highest BCUT2D eigenvalue weighted by atomic mass is 32.2. The molecule has 0 unspecified atom stereocenters. The highest BCUT2D eigenvalue weighted by molar-refractivity contribution is 7.92. The van der Waals surface area contributed by atoms with E-state index in [2.05, 4.69) is 4.72 Å². The molecule has 0 heterocycles. The monoisotopic (exact) mass is 362 g/mol. The van der Waals surface area contributed by atoms with Crippen LogP contribution in [0.5, 0.6) is 0 Å². The molecule has 1 N–H and O–H groups in total. The van der Waals surface area contributed by atoms with Gasteiger partial charge >= 0.3 is 0 Å². The minimum Gasteiger partial charge on any atom is -0.310 e. The predicted molar refractivity (Wildman–Crippen MR) is 94.6 cm³/mol. The van der Waals surface area contributed by atoms with E-state index in [0.29, 0.717) is 11.3 Å². The summed E-state index contributed by atoms with van der Waals surface area (Å²) in [5.41, 5.74) is 1.46. The molecule has 1 aliphatic carbocycles. The fourth-order valence-electron chi connectivity index (χ4n) is 2.80. The van der Waals surface area contributed by atoms with E-state index < -0.39 is 15.8 Å². The first-order valence-electron chi connectivity index (χ1n) is 7.97. The number of carbonyl (C=O) groups is 1. The molecule has 1 fully saturated rings. The lowest BCUT2D eigenvalue weighted by Crippen LogP contribution is -2.30. The van der Waals surface area contributed by atoms with Crippen LogP contribution in [0.1, 0.15) is 25.3 Å². The van der Waals surface area contributed by atoms with Crippen LogP contribution in [-0.2, 0) is 14.8 Å². The van der Waals surface area contributed by atoms with Crippen molar-refractivity contribution in [3.63, 3.8) is 0 Å². The molecule has 0 spiro atoms. The Bertz CT molecular complexity index is 906. The van der Waals surface area contributed by atoms with Gasteiger partial charge in [0.1, 0.15) is 5.82 Å². The summed E-state index contributed by atoms with van der Waals surface area (Å²) in [4.78, 5) is 13.5. The second kappa shape index (κ2) is 6.48. The molecule has 1 saturated carbocycles. The minimum absolute atomic E-state index is 0.0290. The van der Waals surface area contributed by atoms with E-state index in [9.17, 15) is 17.6 Å². The van der Waals surface area contributed by atoms with Gasteiger partial charge in [0, 0.05) is 24.3 Å². The molecular formula is C18H19FN2O3S. The number of nitrogens with one attached hydrogen (secondary N) is 1. The van der Waals surface area contributed by atoms with Gasteiger partial charge < -0.3 is 4.90 Å². The molecule has 0 aromatic heterocycles. The summed E-state index contributed by atoms with van der Waals surface area (Å²) in [6.07, 6.45) is 1.97. The van der Waals surface area contributed by atoms with Crippen molar-refractivity contribution < 1.29 is 17.6 Å². The van der Waals surface area contributed by atoms with Crippen LogP contribution in [0.2, 0.25) is 0 Å². The van der Waals surface area contributed by atoms with Gasteiger partial charge in [-0.25, -0.2) is 12.8 Å². The molecule has 0 radical (unpaired) electrons. The number of amides is 1. The fraction of sp³-hybridized carbons (Fsp3) is 0.278. The van der Waals surface area contributed by atoms with Crippen molar-refractivity contribution >= 4 is 27.3 Å². The normalized spacial score (nSPS) is 14.2. The Morgan fingerprint density at radius 2 is 1.80 bits per heavy atom. The van der Waals surface area contributed by atoms with Crippen LogP contribution in [0.3, 0.4) is 0 Å². The van der Waals surface area contributed by atoms with Gasteiger partial charge in [-0.1, -0.05) is 0 Å². The van der Waals surface area contributed by atoms with Gasteiger partial charge in [-0.2, -0.15) is 0 Å². The number of aryl methyl sites for hydroxylation is 1. The number of halogens is 1. The third kappa shape index (κ3) is 3.82. The van der Waals surface area contributed by atoms with Gasteiger partial charge in [-0.15, -0.1) is 0 Å². The summed E-state index contributed by atoms with van der Waals surface area (Å²) in [5, 5.41) is 0. The first-order valence-corrected chi connectivity index (χ1v) is 9.45. The van der Waals surface area contributed by atoms with Gasteiger partial charge in [0.15, 0.2) is 0 Å². The molecule has 132 valence electrons. The predicted octanol–water partition coefficient (Wildman–Crippen LogP) is 3.45. The summed E-state index contributed by atoms with van der Waals surface area (Å²) in [7, 11) is -3.81. The molecule has 1 amide bonds. The maximum Gasteiger partial charge on any atom is 0.262 e. The Hall–Kier alpha value is -2.41. The summed E-state index contributed by atoms with van der Waals surface area (Å²) in [6.45, 7) is 3.06. The number of anilines is 2. The van der Waals surface area contributed by atoms with Gasteiger partial charge in [-0.3, -0.25) is 9.52 Å². The summed E-state index contributed by atoms with van der Waals surface area (Å²) in [6, 6.07) is 10.4. The molecule has 5 nitrogen and oxygen atoms in total. The number of hydrogen-bond donors (Lipinski definition) is 1. The van der Waals surface area contributed by atoms with E-state index in [-0.39, 0.29) is 16.8 Å². The number of nitrogens with zero attached hydrogens (tertiary/aromatic N) is 1. The largest absolute Gasteiger partial charge is 0.310 e. The number of benzene rings is 2. The molecule has 0 saturated heterocycles. The topological polar surface area (TPSA) is 66.5 Å². The fourth-order valence-corrected chi connectivity index (χ4v) is 4.08. The van der Waals surface area contributed by atoms with E-state index in [1.54, 1.807) is 36.1 Å². The minimum atomic E-state index is -3.81. The number of sulfonamides is 1. The third-order valence-corrected chi connectivity index (χ3v) is 5.62. The maximum absolute atomic E-state index is 13.2. The highest BCUT2D eigenvalue weighted by Crippen LogP contribution is 2.32.